The van der Waals surface area contributed by atoms with Crippen LogP contribution in [0.2, 0.25) is 0 Å². The molecule has 0 unspecified atom stereocenters. The molecule has 6 nitrogen and oxygen atoms in total. The van der Waals surface area contributed by atoms with Gasteiger partial charge in [-0.3, -0.25) is 0 Å². The second-order valence-electron chi connectivity index (χ2n) is 7.61. The molecular formula is C23H23F2N5O. The van der Waals surface area contributed by atoms with E-state index < -0.39 is 11.6 Å². The minimum absolute atomic E-state index is 0.221. The molecule has 0 radical (unpaired) electrons. The molecule has 0 saturated carbocycles. The van der Waals surface area contributed by atoms with Gasteiger partial charge in [0.1, 0.15) is 0 Å². The number of carbonyl (C=O) groups excluding carboxylic acids is 1. The fourth-order valence-electron chi connectivity index (χ4n) is 3.46. The number of hydrogen-bond donors (Lipinski definition) is 1. The number of carbonyl (C=O) groups is 1. The van der Waals surface area contributed by atoms with E-state index in [2.05, 4.69) is 46.4 Å². The van der Waals surface area contributed by atoms with E-state index in [1.165, 1.54) is 17.2 Å². The Morgan fingerprint density at radius 3 is 2.29 bits per heavy atom. The van der Waals surface area contributed by atoms with Gasteiger partial charge in [-0.05, 0) is 55.3 Å². The van der Waals surface area contributed by atoms with Crippen LogP contribution in [0.3, 0.4) is 0 Å². The van der Waals surface area contributed by atoms with Crippen LogP contribution in [-0.2, 0) is 0 Å². The smallest absolute Gasteiger partial charge is 0.321 e. The molecule has 1 saturated heterocycles. The van der Waals surface area contributed by atoms with Crippen LogP contribution >= 0.6 is 0 Å². The predicted molar refractivity (Wildman–Crippen MR) is 116 cm³/mol. The van der Waals surface area contributed by atoms with E-state index in [9.17, 15) is 13.6 Å². The van der Waals surface area contributed by atoms with Crippen molar-refractivity contribution < 1.29 is 13.6 Å². The Labute approximate surface area is 179 Å². The van der Waals surface area contributed by atoms with Crippen molar-refractivity contribution in [3.63, 3.8) is 0 Å². The maximum atomic E-state index is 13.3. The summed E-state index contributed by atoms with van der Waals surface area (Å²) in [6.45, 7) is 6.31. The molecule has 2 heterocycles. The van der Waals surface area contributed by atoms with Crippen molar-refractivity contribution in [2.45, 2.75) is 13.8 Å². The van der Waals surface area contributed by atoms with Crippen molar-refractivity contribution in [2.24, 2.45) is 0 Å². The lowest BCUT2D eigenvalue weighted by Gasteiger charge is -2.35. The number of halogens is 2. The van der Waals surface area contributed by atoms with Crippen LogP contribution in [0.25, 0.3) is 11.3 Å². The summed E-state index contributed by atoms with van der Waals surface area (Å²) in [7, 11) is 0. The molecule has 1 fully saturated rings. The molecule has 160 valence electrons. The van der Waals surface area contributed by atoms with E-state index in [4.69, 9.17) is 0 Å². The van der Waals surface area contributed by atoms with Gasteiger partial charge in [0, 0.05) is 43.5 Å². The molecule has 3 aromatic rings. The third-order valence-electron chi connectivity index (χ3n) is 5.51. The Morgan fingerprint density at radius 1 is 0.871 bits per heavy atom. The number of aromatic nitrogens is 2. The van der Waals surface area contributed by atoms with Crippen molar-refractivity contribution in [1.29, 1.82) is 0 Å². The van der Waals surface area contributed by atoms with Gasteiger partial charge in [-0.15, -0.1) is 10.2 Å². The summed E-state index contributed by atoms with van der Waals surface area (Å²) >= 11 is 0. The number of nitrogens with one attached hydrogen (secondary N) is 1. The minimum atomic E-state index is -0.995. The van der Waals surface area contributed by atoms with Gasteiger partial charge in [0.2, 0.25) is 0 Å². The zero-order chi connectivity index (χ0) is 22.0. The average molecular weight is 423 g/mol. The second-order valence-corrected chi connectivity index (χ2v) is 7.61. The largest absolute Gasteiger partial charge is 0.352 e. The first-order chi connectivity index (χ1) is 14.9. The normalized spacial score (nSPS) is 13.9. The number of amides is 2. The highest BCUT2D eigenvalue weighted by Crippen LogP contribution is 2.22. The van der Waals surface area contributed by atoms with Gasteiger partial charge in [0.25, 0.3) is 0 Å². The maximum absolute atomic E-state index is 13.3. The lowest BCUT2D eigenvalue weighted by atomic mass is 10.0. The number of nitrogens with zero attached hydrogens (tertiary/aromatic N) is 4. The molecule has 1 N–H and O–H groups in total. The molecule has 2 amide bonds. The Bertz CT molecular complexity index is 1100. The number of aryl methyl sites for hydroxylation is 2. The molecule has 0 aliphatic carbocycles. The predicted octanol–water partition coefficient (Wildman–Crippen LogP) is 4.39. The van der Waals surface area contributed by atoms with Crippen LogP contribution in [0.5, 0.6) is 0 Å². The molecule has 0 bridgehead atoms. The first-order valence-corrected chi connectivity index (χ1v) is 10.1. The number of benzene rings is 2. The molecule has 31 heavy (non-hydrogen) atoms. The molecule has 2 aromatic carbocycles. The van der Waals surface area contributed by atoms with Crippen molar-refractivity contribution in [3.05, 3.63) is 71.3 Å². The number of anilines is 2. The van der Waals surface area contributed by atoms with Gasteiger partial charge in [0.05, 0.1) is 5.69 Å². The van der Waals surface area contributed by atoms with Crippen LogP contribution in [0.4, 0.5) is 25.1 Å². The van der Waals surface area contributed by atoms with Crippen LogP contribution < -0.4 is 10.2 Å². The van der Waals surface area contributed by atoms with Crippen LogP contribution in [-0.4, -0.2) is 47.3 Å². The summed E-state index contributed by atoms with van der Waals surface area (Å²) in [4.78, 5) is 16.1. The van der Waals surface area contributed by atoms with Crippen molar-refractivity contribution in [1.82, 2.24) is 15.1 Å². The molecule has 1 aromatic heterocycles. The highest BCUT2D eigenvalue weighted by atomic mass is 19.2. The van der Waals surface area contributed by atoms with Gasteiger partial charge in [0.15, 0.2) is 17.5 Å². The van der Waals surface area contributed by atoms with Crippen molar-refractivity contribution >= 4 is 17.5 Å². The van der Waals surface area contributed by atoms with Gasteiger partial charge in [-0.1, -0.05) is 12.1 Å². The van der Waals surface area contributed by atoms with Crippen LogP contribution in [0.15, 0.2) is 48.5 Å². The van der Waals surface area contributed by atoms with Crippen LogP contribution in [0.1, 0.15) is 11.1 Å². The topological polar surface area (TPSA) is 61.4 Å². The second kappa shape index (κ2) is 8.67. The lowest BCUT2D eigenvalue weighted by molar-refractivity contribution is 0.208. The Hall–Kier alpha value is -3.55. The van der Waals surface area contributed by atoms with Crippen LogP contribution in [0, 0.1) is 25.5 Å². The molecule has 0 atom stereocenters. The first kappa shape index (κ1) is 20.7. The lowest BCUT2D eigenvalue weighted by Crippen LogP contribution is -2.50. The Balaban J connectivity index is 1.35. The highest BCUT2D eigenvalue weighted by molar-refractivity contribution is 5.89. The van der Waals surface area contributed by atoms with E-state index in [0.29, 0.717) is 26.2 Å². The summed E-state index contributed by atoms with van der Waals surface area (Å²) in [5, 5.41) is 11.3. The third-order valence-corrected chi connectivity index (χ3v) is 5.51. The van der Waals surface area contributed by atoms with E-state index in [0.717, 1.165) is 29.2 Å². The summed E-state index contributed by atoms with van der Waals surface area (Å²) in [5.74, 6) is -1.19. The number of hydrogen-bond acceptors (Lipinski definition) is 4. The molecule has 0 spiro atoms. The monoisotopic (exact) mass is 423 g/mol. The number of piperazine rings is 1. The zero-order valence-corrected chi connectivity index (χ0v) is 17.4. The fourth-order valence-corrected chi connectivity index (χ4v) is 3.46. The quantitative estimate of drug-likeness (QED) is 0.679. The minimum Gasteiger partial charge on any atom is -0.352 e. The molecule has 4 rings (SSSR count). The average Bonchev–Trinajstić information content (AvgIpc) is 2.78. The zero-order valence-electron chi connectivity index (χ0n) is 17.4. The SMILES string of the molecule is Cc1ccc(-c2ccc(N3CCN(C(=O)Nc4ccc(F)c(F)c4)CC3)nn2)cc1C. The molecule has 8 heteroatoms. The maximum Gasteiger partial charge on any atom is 0.321 e. The standard InChI is InChI=1S/C23H23F2N5O/c1-15-3-4-17(13-16(15)2)21-7-8-22(28-27-21)29-9-11-30(12-10-29)23(31)26-18-5-6-19(24)20(25)14-18/h3-8,13-14H,9-12H2,1-2H3,(H,26,31). The fraction of sp³-hybridized carbons (Fsp3) is 0.261. The van der Waals surface area contributed by atoms with E-state index in [-0.39, 0.29) is 11.7 Å². The van der Waals surface area contributed by atoms with Gasteiger partial charge in [-0.2, -0.15) is 0 Å². The third kappa shape index (κ3) is 4.63. The molecule has 1 aliphatic rings. The van der Waals surface area contributed by atoms with E-state index in [1.54, 1.807) is 4.90 Å². The van der Waals surface area contributed by atoms with Crippen molar-refractivity contribution in [2.75, 3.05) is 36.4 Å². The van der Waals surface area contributed by atoms with Gasteiger partial charge < -0.3 is 15.1 Å². The molecule has 1 aliphatic heterocycles. The summed E-state index contributed by atoms with van der Waals surface area (Å²) < 4.78 is 26.4. The number of urea groups is 1. The first-order valence-electron chi connectivity index (χ1n) is 10.1. The Kier molecular flexibility index (Phi) is 5.79. The van der Waals surface area contributed by atoms with Gasteiger partial charge in [-0.25, -0.2) is 13.6 Å². The van der Waals surface area contributed by atoms with Gasteiger partial charge >= 0.3 is 6.03 Å². The van der Waals surface area contributed by atoms with E-state index in [1.807, 2.05) is 18.2 Å². The Morgan fingerprint density at radius 2 is 1.65 bits per heavy atom. The summed E-state index contributed by atoms with van der Waals surface area (Å²) in [5.41, 5.74) is 4.51. The number of rotatable bonds is 3. The van der Waals surface area contributed by atoms with E-state index >= 15 is 0 Å². The van der Waals surface area contributed by atoms with Crippen molar-refractivity contribution in [3.8, 4) is 11.3 Å². The highest BCUT2D eigenvalue weighted by Gasteiger charge is 2.22. The summed E-state index contributed by atoms with van der Waals surface area (Å²) in [6, 6.07) is 13.0. The summed E-state index contributed by atoms with van der Waals surface area (Å²) in [6.07, 6.45) is 0. The molecular weight excluding hydrogens is 400 g/mol.